The number of para-hydroxylation sites is 3. The van der Waals surface area contributed by atoms with Crippen molar-refractivity contribution in [2.45, 2.75) is 20.8 Å². The van der Waals surface area contributed by atoms with Crippen LogP contribution in [0.2, 0.25) is 20.1 Å². The first-order valence-corrected chi connectivity index (χ1v) is 31.2. The van der Waals surface area contributed by atoms with Crippen molar-refractivity contribution in [3.8, 4) is 17.2 Å². The largest absolute Gasteiger partial charge is 0.207 e. The van der Waals surface area contributed by atoms with Crippen LogP contribution in [0.4, 0.5) is 70.2 Å². The molecule has 7 rings (SSSR count). The third-order valence-electron chi connectivity index (χ3n) is 13.1. The molecule has 0 fully saturated rings. The predicted molar refractivity (Wildman–Crippen MR) is 312 cm³/mol. The third-order valence-corrected chi connectivity index (χ3v) is 19.5. The molecule has 0 saturated heterocycles. The molecule has 0 aliphatic heterocycles. The maximum atomic E-state index is 15.8. The zero-order chi connectivity index (χ0) is 66.9. The summed E-state index contributed by atoms with van der Waals surface area (Å²) in [5.74, 6) is -45.8. The van der Waals surface area contributed by atoms with Gasteiger partial charge in [0, 0.05) is 20.1 Å². The Kier molecular flexibility index (Phi) is 28.6. The van der Waals surface area contributed by atoms with Gasteiger partial charge in [-0.3, -0.25) is 0 Å². The van der Waals surface area contributed by atoms with Gasteiger partial charge in [0.2, 0.25) is 0 Å². The Hall–Kier alpha value is -5.68. The van der Waals surface area contributed by atoms with Crippen LogP contribution in [0.1, 0.15) is 20.8 Å². The normalized spacial score (nSPS) is 11.6. The topological polar surface area (TPSA) is 83.1 Å². The molecule has 0 spiro atoms. The fraction of sp³-hybridized carbons (Fsp3) is 0.300. The minimum atomic E-state index is -6.24. The van der Waals surface area contributed by atoms with E-state index in [0.717, 1.165) is 30.6 Å². The Bertz CT molecular complexity index is 3120. The van der Waals surface area contributed by atoms with Crippen LogP contribution in [0, 0.1) is 93.1 Å². The van der Waals surface area contributed by atoms with E-state index < -0.39 is 155 Å². The van der Waals surface area contributed by atoms with Gasteiger partial charge in [0.05, 0.1) is 0 Å². The number of hydrogen-bond donors (Lipinski definition) is 0. The molecule has 0 aliphatic rings. The van der Waals surface area contributed by atoms with Crippen LogP contribution in [0.15, 0.2) is 72.8 Å². The molecule has 0 unspecified atom stereocenters. The molecule has 31 heteroatoms. The summed E-state index contributed by atoms with van der Waals surface area (Å²) >= 11 is 20.3. The number of halogens is 20. The van der Waals surface area contributed by atoms with Gasteiger partial charge < -0.3 is 0 Å². The van der Waals surface area contributed by atoms with Crippen molar-refractivity contribution in [1.82, 2.24) is 0 Å². The van der Waals surface area contributed by atoms with Gasteiger partial charge in [-0.05, 0) is 0 Å². The summed E-state index contributed by atoms with van der Waals surface area (Å²) in [5, 5.41) is -9.69. The fourth-order valence-electron chi connectivity index (χ4n) is 9.17. The van der Waals surface area contributed by atoms with Crippen LogP contribution < -0.4 is 49.4 Å². The van der Waals surface area contributed by atoms with E-state index in [1.807, 2.05) is 57.2 Å². The van der Waals surface area contributed by atoms with Crippen molar-refractivity contribution in [3.05, 3.63) is 186 Å². The summed E-state index contributed by atoms with van der Waals surface area (Å²) in [7, 11) is 0. The second-order valence-corrected chi connectivity index (χ2v) is 24.0. The van der Waals surface area contributed by atoms with E-state index >= 15 is 17.6 Å². The first-order valence-electron chi connectivity index (χ1n) is 27.1. The smallest absolute Gasteiger partial charge is 0.198 e. The van der Waals surface area contributed by atoms with Gasteiger partial charge in [-0.15, -0.1) is 21.9 Å². The van der Waals surface area contributed by atoms with Crippen LogP contribution in [0.3, 0.4) is 0 Å². The molecule has 0 saturated carbocycles. The summed E-state index contributed by atoms with van der Waals surface area (Å²) in [5.41, 5.74) is -10.7. The maximum Gasteiger partial charge on any atom is 0.198 e. The Balaban J connectivity index is 0.000000289. The maximum absolute atomic E-state index is 15.8. The van der Waals surface area contributed by atoms with Crippen LogP contribution in [-0.2, 0) is 28.4 Å². The van der Waals surface area contributed by atoms with E-state index in [-0.39, 0.29) is 0 Å². The summed E-state index contributed by atoms with van der Waals surface area (Å²) in [6, 6.07) is 24.7. The van der Waals surface area contributed by atoms with Crippen LogP contribution >= 0.6 is 46.4 Å². The monoisotopic (exact) mass is 1450 g/mol. The zero-order valence-corrected chi connectivity index (χ0v) is 52.5. The van der Waals surface area contributed by atoms with Crippen molar-refractivity contribution < 1.29 is 113 Å². The second-order valence-electron chi connectivity index (χ2n) is 18.4. The first-order chi connectivity index (χ1) is 43.5. The molecular formula is C60H51BCl4F16O9Se. The van der Waals surface area contributed by atoms with Crippen LogP contribution in [-0.4, -0.2) is 119 Å². The van der Waals surface area contributed by atoms with E-state index in [1.54, 1.807) is 0 Å². The van der Waals surface area contributed by atoms with Gasteiger partial charge in [0.15, 0.2) is 69.8 Å². The van der Waals surface area contributed by atoms with Gasteiger partial charge in [-0.1, -0.05) is 46.4 Å². The Morgan fingerprint density at radius 3 is 0.703 bits per heavy atom. The molecule has 494 valence electrons. The molecule has 9 nitrogen and oxygen atoms in total. The number of ether oxygens (including phenoxy) is 9. The summed E-state index contributed by atoms with van der Waals surface area (Å²) < 4.78 is 294. The molecule has 91 heavy (non-hydrogen) atoms. The van der Waals surface area contributed by atoms with Gasteiger partial charge in [0.1, 0.15) is 29.4 Å². The van der Waals surface area contributed by atoms with E-state index in [2.05, 4.69) is 36.4 Å². The molecule has 0 bridgehead atoms. The van der Waals surface area contributed by atoms with Crippen LogP contribution in [0.5, 0.6) is 17.2 Å². The molecule has 0 aromatic heterocycles. The molecular weight excluding hydrogens is 1400 g/mol. The first kappa shape index (κ1) is 74.4. The quantitative estimate of drug-likeness (QED) is 0.0139. The van der Waals surface area contributed by atoms with E-state index in [4.69, 9.17) is 89.0 Å². The number of benzene rings is 7. The van der Waals surface area contributed by atoms with Crippen molar-refractivity contribution >= 4 is 102 Å². The standard InChI is InChI=1S/C36H51O9Se.C24BCl4F16/c1-4-37-19-22-40-25-28-43-31-13-7-10-16-34(31)46(35-17-11-8-14-32(35)44-29-26-41-23-20-38-5-2)36-18-12-9-15-33(36)45-30-27-42-24-21-39-6-3;26-5-1(9(30)17(38)21(42)13(5)34)25(2-6(27)14(35)22(43)18(39)10(2)31,3-7(28)15(36)23(44)19(40)11(3)32)4-8(29)16(37)24(45)20(41)12(4)33/h7-18H,4-6,19-30H2,1-3H3;/q+1;-1. The molecule has 0 atom stereocenters. The average Bonchev–Trinajstić information content (AvgIpc) is 0.685. The Morgan fingerprint density at radius 1 is 0.275 bits per heavy atom. The van der Waals surface area contributed by atoms with E-state index in [1.165, 1.54) is 0 Å². The molecule has 0 aliphatic carbocycles. The number of hydrogen-bond acceptors (Lipinski definition) is 9. The molecule has 0 N–H and O–H groups in total. The average molecular weight is 1450 g/mol. The van der Waals surface area contributed by atoms with Crippen LogP contribution in [0.25, 0.3) is 0 Å². The minimum absolute atomic E-state index is 0.427. The summed E-state index contributed by atoms with van der Waals surface area (Å²) in [4.78, 5) is 0. The molecule has 7 aromatic rings. The van der Waals surface area contributed by atoms with E-state index in [9.17, 15) is 52.7 Å². The molecule has 7 aromatic carbocycles. The SMILES string of the molecule is CCOCCOCCOc1ccccc1[Se+](c1ccccc1OCCOCCOCC)c1ccccc1OCCOCCOCC.Fc1c(F)c(F)c([B-](c2c(F)c(F)c(F)c(F)c2Cl)(c2c(F)c(F)c(F)c(F)c2Cl)c2c(F)c(F)c(F)c(F)c2Cl)c(Cl)c1F. The summed E-state index contributed by atoms with van der Waals surface area (Å²) in [6.45, 7) is 14.0. The zero-order valence-electron chi connectivity index (χ0n) is 47.8. The van der Waals surface area contributed by atoms with Crippen molar-refractivity contribution in [2.75, 3.05) is 99.1 Å². The minimum Gasteiger partial charge on any atom is -0.207 e. The van der Waals surface area contributed by atoms with E-state index in [0.29, 0.717) is 99.1 Å². The molecule has 0 amide bonds. The van der Waals surface area contributed by atoms with Gasteiger partial charge in [-0.2, -0.15) is 0 Å². The Labute approximate surface area is 535 Å². The number of rotatable bonds is 31. The molecule has 0 radical (unpaired) electrons. The fourth-order valence-corrected chi connectivity index (χ4v) is 15.4. The summed E-state index contributed by atoms with van der Waals surface area (Å²) in [6.07, 6.45) is -6.24. The van der Waals surface area contributed by atoms with Gasteiger partial charge >= 0.3 is 280 Å². The second kappa shape index (κ2) is 35.0. The van der Waals surface area contributed by atoms with Gasteiger partial charge in [0.25, 0.3) is 0 Å². The van der Waals surface area contributed by atoms with Crippen molar-refractivity contribution in [1.29, 1.82) is 0 Å². The van der Waals surface area contributed by atoms with Crippen molar-refractivity contribution in [3.63, 3.8) is 0 Å². The third kappa shape index (κ3) is 16.5. The predicted octanol–water partition coefficient (Wildman–Crippen LogP) is 11.4. The Morgan fingerprint density at radius 2 is 0.473 bits per heavy atom. The van der Waals surface area contributed by atoms with Gasteiger partial charge in [-0.25, -0.2) is 70.2 Å². The van der Waals surface area contributed by atoms with Crippen molar-refractivity contribution in [2.24, 2.45) is 0 Å². The molecule has 0 heterocycles.